The highest BCUT2D eigenvalue weighted by molar-refractivity contribution is 7.10. The Morgan fingerprint density at radius 1 is 1.18 bits per heavy atom. The Kier molecular flexibility index (Phi) is 7.63. The summed E-state index contributed by atoms with van der Waals surface area (Å²) < 4.78 is 19.5. The van der Waals surface area contributed by atoms with Gasteiger partial charge in [0.25, 0.3) is 5.91 Å². The molecule has 2 amide bonds. The van der Waals surface area contributed by atoms with Gasteiger partial charge in [-0.05, 0) is 61.0 Å². The van der Waals surface area contributed by atoms with Crippen molar-refractivity contribution in [2.75, 3.05) is 26.2 Å². The van der Waals surface area contributed by atoms with Crippen LogP contribution in [0.3, 0.4) is 0 Å². The lowest BCUT2D eigenvalue weighted by molar-refractivity contribution is -0.135. The third-order valence-electron chi connectivity index (χ3n) is 6.02. The van der Waals surface area contributed by atoms with Crippen LogP contribution in [0.4, 0.5) is 4.39 Å². The minimum absolute atomic E-state index is 0.0104. The number of hydrogen-bond donors (Lipinski definition) is 0. The Balaban J connectivity index is 1.51. The zero-order valence-corrected chi connectivity index (χ0v) is 20.3. The molecule has 0 saturated carbocycles. The minimum atomic E-state index is -0.366. The van der Waals surface area contributed by atoms with E-state index in [1.807, 2.05) is 37.4 Å². The van der Waals surface area contributed by atoms with Gasteiger partial charge in [0.1, 0.15) is 24.7 Å². The maximum absolute atomic E-state index is 13.6. The Bertz CT molecular complexity index is 1140. The fourth-order valence-corrected chi connectivity index (χ4v) is 5.19. The van der Waals surface area contributed by atoms with Crippen LogP contribution in [0.15, 0.2) is 60.0 Å². The number of benzene rings is 2. The zero-order valence-electron chi connectivity index (χ0n) is 19.5. The summed E-state index contributed by atoms with van der Waals surface area (Å²) in [5.41, 5.74) is 2.72. The molecule has 0 aliphatic carbocycles. The Labute approximate surface area is 203 Å². The van der Waals surface area contributed by atoms with Crippen molar-refractivity contribution in [2.24, 2.45) is 0 Å². The zero-order chi connectivity index (χ0) is 24.1. The molecule has 1 unspecified atom stereocenters. The summed E-state index contributed by atoms with van der Waals surface area (Å²) in [6.07, 6.45) is 1.53. The standard InChI is InChI=1S/C27H29FN2O3S/c1-3-13-29(27(32)20-9-7-19(2)8-10-20)17-26(31)30-14-11-25-23(12-15-34-25)24(30)18-33-22-6-4-5-21(28)16-22/h4-10,12,15-16,24H,3,11,13-14,17-18H2,1-2H3. The maximum Gasteiger partial charge on any atom is 0.254 e. The van der Waals surface area contributed by atoms with Crippen LogP contribution in [0.25, 0.3) is 0 Å². The fourth-order valence-electron chi connectivity index (χ4n) is 4.26. The average molecular weight is 481 g/mol. The number of carbonyl (C=O) groups is 2. The molecule has 178 valence electrons. The van der Waals surface area contributed by atoms with Crippen molar-refractivity contribution in [3.05, 3.63) is 87.4 Å². The molecule has 34 heavy (non-hydrogen) atoms. The molecule has 4 rings (SSSR count). The highest BCUT2D eigenvalue weighted by atomic mass is 32.1. The number of ether oxygens (including phenoxy) is 1. The molecule has 2 heterocycles. The number of nitrogens with zero attached hydrogens (tertiary/aromatic N) is 2. The van der Waals surface area contributed by atoms with E-state index in [-0.39, 0.29) is 36.8 Å². The van der Waals surface area contributed by atoms with E-state index in [0.29, 0.717) is 24.4 Å². The number of rotatable bonds is 8. The smallest absolute Gasteiger partial charge is 0.254 e. The number of thiophene rings is 1. The first-order valence-electron chi connectivity index (χ1n) is 11.6. The van der Waals surface area contributed by atoms with E-state index < -0.39 is 0 Å². The highest BCUT2D eigenvalue weighted by Gasteiger charge is 2.33. The van der Waals surface area contributed by atoms with Gasteiger partial charge in [-0.15, -0.1) is 11.3 Å². The number of amides is 2. The Morgan fingerprint density at radius 2 is 1.97 bits per heavy atom. The minimum Gasteiger partial charge on any atom is -0.491 e. The Hall–Kier alpha value is -3.19. The van der Waals surface area contributed by atoms with Crippen molar-refractivity contribution < 1.29 is 18.7 Å². The van der Waals surface area contributed by atoms with E-state index in [1.165, 1.54) is 17.0 Å². The van der Waals surface area contributed by atoms with Crippen molar-refractivity contribution in [3.63, 3.8) is 0 Å². The van der Waals surface area contributed by atoms with Crippen LogP contribution >= 0.6 is 11.3 Å². The summed E-state index contributed by atoms with van der Waals surface area (Å²) in [7, 11) is 0. The lowest BCUT2D eigenvalue weighted by Gasteiger charge is -2.37. The van der Waals surface area contributed by atoms with E-state index in [4.69, 9.17) is 4.74 Å². The molecule has 0 bridgehead atoms. The molecule has 0 spiro atoms. The van der Waals surface area contributed by atoms with Crippen molar-refractivity contribution in [3.8, 4) is 5.75 Å². The second-order valence-electron chi connectivity index (χ2n) is 8.51. The molecule has 0 radical (unpaired) electrons. The van der Waals surface area contributed by atoms with Gasteiger partial charge in [0.05, 0.1) is 6.04 Å². The third-order valence-corrected chi connectivity index (χ3v) is 7.02. The molecule has 2 aromatic carbocycles. The second-order valence-corrected chi connectivity index (χ2v) is 9.51. The molecule has 3 aromatic rings. The second kappa shape index (κ2) is 10.8. The lowest BCUT2D eigenvalue weighted by Crippen LogP contribution is -2.48. The summed E-state index contributed by atoms with van der Waals surface area (Å²) >= 11 is 1.67. The van der Waals surface area contributed by atoms with Gasteiger partial charge in [-0.3, -0.25) is 9.59 Å². The molecule has 5 nitrogen and oxygen atoms in total. The summed E-state index contributed by atoms with van der Waals surface area (Å²) in [4.78, 5) is 31.3. The SMILES string of the molecule is CCCN(CC(=O)N1CCc2sccc2C1COc1cccc(F)c1)C(=O)c1ccc(C)cc1. The predicted octanol–water partition coefficient (Wildman–Crippen LogP) is 5.25. The highest BCUT2D eigenvalue weighted by Crippen LogP contribution is 2.34. The number of hydrogen-bond acceptors (Lipinski definition) is 4. The number of halogens is 1. The molecule has 7 heteroatoms. The van der Waals surface area contributed by atoms with Gasteiger partial charge in [-0.1, -0.05) is 30.7 Å². The van der Waals surface area contributed by atoms with Crippen molar-refractivity contribution in [2.45, 2.75) is 32.7 Å². The first-order valence-corrected chi connectivity index (χ1v) is 12.4. The fraction of sp³-hybridized carbons (Fsp3) is 0.333. The normalized spacial score (nSPS) is 15.0. The molecule has 1 aliphatic heterocycles. The molecule has 0 saturated heterocycles. The van der Waals surface area contributed by atoms with Gasteiger partial charge < -0.3 is 14.5 Å². The first kappa shape index (κ1) is 24.0. The number of fused-ring (bicyclic) bond motifs is 1. The number of aryl methyl sites for hydroxylation is 1. The van der Waals surface area contributed by atoms with Gasteiger partial charge in [-0.25, -0.2) is 4.39 Å². The maximum atomic E-state index is 13.6. The van der Waals surface area contributed by atoms with Gasteiger partial charge in [0.15, 0.2) is 0 Å². The van der Waals surface area contributed by atoms with E-state index in [2.05, 4.69) is 0 Å². The van der Waals surface area contributed by atoms with Crippen LogP contribution in [0, 0.1) is 12.7 Å². The van der Waals surface area contributed by atoms with Gasteiger partial charge >= 0.3 is 0 Å². The largest absolute Gasteiger partial charge is 0.491 e. The summed E-state index contributed by atoms with van der Waals surface area (Å²) in [6.45, 7) is 5.26. The van der Waals surface area contributed by atoms with E-state index >= 15 is 0 Å². The molecule has 1 aliphatic rings. The molecule has 1 aromatic heterocycles. The van der Waals surface area contributed by atoms with Crippen molar-refractivity contribution in [1.82, 2.24) is 9.80 Å². The topological polar surface area (TPSA) is 49.9 Å². The molecule has 1 atom stereocenters. The first-order chi connectivity index (χ1) is 16.5. The summed E-state index contributed by atoms with van der Waals surface area (Å²) in [5, 5.41) is 2.03. The van der Waals surface area contributed by atoms with Gasteiger partial charge in [0.2, 0.25) is 5.91 Å². The summed E-state index contributed by atoms with van der Waals surface area (Å²) in [5.74, 6) is -0.193. The van der Waals surface area contributed by atoms with Crippen LogP contribution in [0.5, 0.6) is 5.75 Å². The lowest BCUT2D eigenvalue weighted by atomic mass is 10.0. The average Bonchev–Trinajstić information content (AvgIpc) is 3.31. The van der Waals surface area contributed by atoms with Crippen LogP contribution < -0.4 is 4.74 Å². The monoisotopic (exact) mass is 480 g/mol. The molecule has 0 N–H and O–H groups in total. The van der Waals surface area contributed by atoms with Crippen molar-refractivity contribution in [1.29, 1.82) is 0 Å². The summed E-state index contributed by atoms with van der Waals surface area (Å²) in [6, 6.07) is 15.2. The van der Waals surface area contributed by atoms with Gasteiger partial charge in [-0.2, -0.15) is 0 Å². The van der Waals surface area contributed by atoms with Gasteiger partial charge in [0, 0.05) is 29.6 Å². The molecule has 0 fully saturated rings. The molecular formula is C27H29FN2O3S. The quantitative estimate of drug-likeness (QED) is 0.442. The van der Waals surface area contributed by atoms with Crippen molar-refractivity contribution >= 4 is 23.2 Å². The van der Waals surface area contributed by atoms with E-state index in [0.717, 1.165) is 24.0 Å². The van der Waals surface area contributed by atoms with E-state index in [9.17, 15) is 14.0 Å². The Morgan fingerprint density at radius 3 is 2.71 bits per heavy atom. The van der Waals surface area contributed by atoms with Crippen LogP contribution in [-0.2, 0) is 11.2 Å². The van der Waals surface area contributed by atoms with Crippen LogP contribution in [0.2, 0.25) is 0 Å². The van der Waals surface area contributed by atoms with Crippen LogP contribution in [-0.4, -0.2) is 47.9 Å². The molecular weight excluding hydrogens is 451 g/mol. The predicted molar refractivity (Wildman–Crippen MR) is 132 cm³/mol. The number of carbonyl (C=O) groups excluding carboxylic acids is 2. The van der Waals surface area contributed by atoms with Crippen LogP contribution in [0.1, 0.15) is 45.7 Å². The third kappa shape index (κ3) is 5.47. The van der Waals surface area contributed by atoms with E-state index in [1.54, 1.807) is 45.4 Å².